The van der Waals surface area contributed by atoms with Gasteiger partial charge in [-0.15, -0.1) is 0 Å². The summed E-state index contributed by atoms with van der Waals surface area (Å²) in [7, 11) is 0. The van der Waals surface area contributed by atoms with Gasteiger partial charge in [-0.25, -0.2) is 4.79 Å². The van der Waals surface area contributed by atoms with Crippen LogP contribution in [-0.4, -0.2) is 30.3 Å². The topological polar surface area (TPSA) is 50.4 Å². The van der Waals surface area contributed by atoms with E-state index < -0.39 is 5.60 Å². The second-order valence-electron chi connectivity index (χ2n) is 8.38. The van der Waals surface area contributed by atoms with Crippen LogP contribution in [0, 0.1) is 11.8 Å². The second kappa shape index (κ2) is 9.51. The summed E-state index contributed by atoms with van der Waals surface area (Å²) in [6.07, 6.45) is 7.52. The van der Waals surface area contributed by atoms with Gasteiger partial charge >= 0.3 is 6.09 Å². The number of ether oxygens (including phenoxy) is 1. The van der Waals surface area contributed by atoms with Crippen molar-refractivity contribution in [1.82, 2.24) is 10.6 Å². The number of rotatable bonds is 6. The molecule has 0 aromatic rings. The first-order valence-corrected chi connectivity index (χ1v) is 9.44. The van der Waals surface area contributed by atoms with Crippen LogP contribution in [0.4, 0.5) is 4.79 Å². The number of amides is 1. The molecule has 2 N–H and O–H groups in total. The highest BCUT2D eigenvalue weighted by molar-refractivity contribution is 5.67. The number of hydrogen-bond donors (Lipinski definition) is 2. The van der Waals surface area contributed by atoms with E-state index in [1.165, 1.54) is 38.5 Å². The van der Waals surface area contributed by atoms with Crippen LogP contribution in [0.1, 0.15) is 80.1 Å². The molecule has 0 saturated heterocycles. The molecule has 0 spiro atoms. The van der Waals surface area contributed by atoms with Gasteiger partial charge in [-0.2, -0.15) is 0 Å². The quantitative estimate of drug-likeness (QED) is 0.707. The summed E-state index contributed by atoms with van der Waals surface area (Å²) in [5, 5.41) is 6.71. The van der Waals surface area contributed by atoms with E-state index >= 15 is 0 Å². The van der Waals surface area contributed by atoms with Crippen molar-refractivity contribution in [2.45, 2.75) is 97.8 Å². The molecule has 0 bridgehead atoms. The fraction of sp³-hybridized carbons (Fsp3) is 0.947. The van der Waals surface area contributed by atoms with Crippen molar-refractivity contribution >= 4 is 6.09 Å². The summed E-state index contributed by atoms with van der Waals surface area (Å²) in [5.41, 5.74) is -0.443. The van der Waals surface area contributed by atoms with E-state index in [4.69, 9.17) is 4.74 Å². The summed E-state index contributed by atoms with van der Waals surface area (Å²) in [5.74, 6) is 1.38. The lowest BCUT2D eigenvalue weighted by molar-refractivity contribution is 0.0518. The fourth-order valence-electron chi connectivity index (χ4n) is 3.25. The summed E-state index contributed by atoms with van der Waals surface area (Å²) >= 11 is 0. The van der Waals surface area contributed by atoms with Gasteiger partial charge < -0.3 is 15.4 Å². The third-order valence-electron chi connectivity index (χ3n) is 4.79. The van der Waals surface area contributed by atoms with E-state index in [9.17, 15) is 4.79 Å². The first-order valence-electron chi connectivity index (χ1n) is 9.44. The molecule has 23 heavy (non-hydrogen) atoms. The number of carbonyl (C=O) groups excluding carboxylic acids is 1. The van der Waals surface area contributed by atoms with Gasteiger partial charge in [0.15, 0.2) is 0 Å². The van der Waals surface area contributed by atoms with E-state index in [2.05, 4.69) is 31.4 Å². The Morgan fingerprint density at radius 2 is 1.87 bits per heavy atom. The molecule has 1 aliphatic rings. The zero-order chi connectivity index (χ0) is 17.5. The predicted octanol–water partition coefficient (Wildman–Crippen LogP) is 4.48. The molecule has 1 rings (SSSR count). The second-order valence-corrected chi connectivity index (χ2v) is 8.38. The van der Waals surface area contributed by atoms with Crippen LogP contribution in [-0.2, 0) is 4.74 Å². The normalized spacial score (nSPS) is 24.1. The third-order valence-corrected chi connectivity index (χ3v) is 4.79. The Kier molecular flexibility index (Phi) is 8.38. The van der Waals surface area contributed by atoms with Gasteiger partial charge in [-0.1, -0.05) is 40.0 Å². The van der Waals surface area contributed by atoms with Gasteiger partial charge in [0.25, 0.3) is 0 Å². The Morgan fingerprint density at radius 1 is 1.17 bits per heavy atom. The first kappa shape index (κ1) is 20.3. The lowest BCUT2D eigenvalue weighted by Gasteiger charge is -2.29. The molecular formula is C19H38N2O2. The maximum atomic E-state index is 11.9. The maximum Gasteiger partial charge on any atom is 0.407 e. The number of hydrogen-bond acceptors (Lipinski definition) is 3. The Balaban J connectivity index is 2.44. The lowest BCUT2D eigenvalue weighted by Crippen LogP contribution is -2.49. The zero-order valence-electron chi connectivity index (χ0n) is 16.1. The van der Waals surface area contributed by atoms with Crippen molar-refractivity contribution < 1.29 is 9.53 Å². The van der Waals surface area contributed by atoms with Crippen LogP contribution < -0.4 is 10.6 Å². The molecule has 0 radical (unpaired) electrons. The maximum absolute atomic E-state index is 11.9. The highest BCUT2D eigenvalue weighted by atomic mass is 16.6. The van der Waals surface area contributed by atoms with Gasteiger partial charge in [0, 0.05) is 18.6 Å². The minimum Gasteiger partial charge on any atom is -0.444 e. The average Bonchev–Trinajstić information content (AvgIpc) is 2.66. The monoisotopic (exact) mass is 326 g/mol. The van der Waals surface area contributed by atoms with Gasteiger partial charge in [-0.3, -0.25) is 0 Å². The number of alkyl carbamates (subject to hydrolysis) is 1. The van der Waals surface area contributed by atoms with Crippen LogP contribution in [0.3, 0.4) is 0 Å². The fourth-order valence-corrected chi connectivity index (χ4v) is 3.25. The van der Waals surface area contributed by atoms with Crippen LogP contribution >= 0.6 is 0 Å². The van der Waals surface area contributed by atoms with Crippen molar-refractivity contribution in [3.05, 3.63) is 0 Å². The van der Waals surface area contributed by atoms with Crippen molar-refractivity contribution in [3.8, 4) is 0 Å². The first-order chi connectivity index (χ1) is 10.7. The van der Waals surface area contributed by atoms with E-state index in [1.807, 2.05) is 20.8 Å². The van der Waals surface area contributed by atoms with Gasteiger partial charge in [0.2, 0.25) is 0 Å². The van der Waals surface area contributed by atoms with Crippen molar-refractivity contribution in [2.75, 3.05) is 6.54 Å². The molecule has 1 amide bonds. The molecule has 3 unspecified atom stereocenters. The molecule has 1 aliphatic carbocycles. The van der Waals surface area contributed by atoms with Crippen LogP contribution in [0.25, 0.3) is 0 Å². The van der Waals surface area contributed by atoms with E-state index in [0.29, 0.717) is 24.5 Å². The van der Waals surface area contributed by atoms with Crippen LogP contribution in [0.15, 0.2) is 0 Å². The summed E-state index contributed by atoms with van der Waals surface area (Å²) in [6, 6.07) is 0.880. The molecule has 1 saturated carbocycles. The Morgan fingerprint density at radius 3 is 2.43 bits per heavy atom. The molecule has 1 fully saturated rings. The molecule has 4 nitrogen and oxygen atoms in total. The summed E-state index contributed by atoms with van der Waals surface area (Å²) in [4.78, 5) is 11.9. The Bertz CT molecular complexity index is 350. The molecule has 0 aromatic heterocycles. The Hall–Kier alpha value is -0.770. The highest BCUT2D eigenvalue weighted by Crippen LogP contribution is 2.26. The highest BCUT2D eigenvalue weighted by Gasteiger charge is 2.23. The van der Waals surface area contributed by atoms with Gasteiger partial charge in [-0.05, 0) is 51.9 Å². The smallest absolute Gasteiger partial charge is 0.407 e. The molecule has 3 atom stereocenters. The average molecular weight is 327 g/mol. The van der Waals surface area contributed by atoms with Crippen molar-refractivity contribution in [2.24, 2.45) is 11.8 Å². The van der Waals surface area contributed by atoms with Gasteiger partial charge in [0.05, 0.1) is 0 Å². The van der Waals surface area contributed by atoms with Crippen LogP contribution in [0.5, 0.6) is 0 Å². The standard InChI is InChI=1S/C19H38N2O2/c1-7-15-9-8-10-16(12-11-15)21-17(14(2)3)13-20-18(22)23-19(4,5)6/h14-17,21H,7-13H2,1-6H3,(H,20,22). The molecule has 0 heterocycles. The minimum absolute atomic E-state index is 0.297. The van der Waals surface area contributed by atoms with Crippen LogP contribution in [0.2, 0.25) is 0 Å². The molecular weight excluding hydrogens is 288 g/mol. The number of nitrogens with one attached hydrogen (secondary N) is 2. The van der Waals surface area contributed by atoms with Gasteiger partial charge in [0.1, 0.15) is 5.60 Å². The summed E-state index contributed by atoms with van der Waals surface area (Å²) in [6.45, 7) is 13.0. The molecule has 0 aliphatic heterocycles. The SMILES string of the molecule is CCC1CCCC(NC(CNC(=O)OC(C)(C)C)C(C)C)CC1. The van der Waals surface area contributed by atoms with Crippen molar-refractivity contribution in [1.29, 1.82) is 0 Å². The third kappa shape index (κ3) is 8.59. The number of carbonyl (C=O) groups is 1. The largest absolute Gasteiger partial charge is 0.444 e. The molecule has 0 aromatic carbocycles. The molecule has 136 valence electrons. The van der Waals surface area contributed by atoms with E-state index in [0.717, 1.165) is 5.92 Å². The van der Waals surface area contributed by atoms with Crippen molar-refractivity contribution in [3.63, 3.8) is 0 Å². The Labute approximate surface area is 143 Å². The lowest BCUT2D eigenvalue weighted by atomic mass is 9.97. The zero-order valence-corrected chi connectivity index (χ0v) is 16.1. The van der Waals surface area contributed by atoms with E-state index in [-0.39, 0.29) is 6.09 Å². The summed E-state index contributed by atoms with van der Waals surface area (Å²) < 4.78 is 5.33. The predicted molar refractivity (Wildman–Crippen MR) is 96.7 cm³/mol. The van der Waals surface area contributed by atoms with E-state index in [1.54, 1.807) is 0 Å². The minimum atomic E-state index is -0.443. The molecule has 4 heteroatoms.